The van der Waals surface area contributed by atoms with E-state index in [-0.39, 0.29) is 0 Å². The molecule has 1 aromatic heterocycles. The highest BCUT2D eigenvalue weighted by atomic mass is 32.2. The van der Waals surface area contributed by atoms with Gasteiger partial charge in [-0.25, -0.2) is 0 Å². The van der Waals surface area contributed by atoms with Gasteiger partial charge in [-0.2, -0.15) is 0 Å². The van der Waals surface area contributed by atoms with E-state index < -0.39 is 0 Å². The Kier molecular flexibility index (Phi) is 4.56. The molecule has 1 aromatic rings. The molecule has 2 unspecified atom stereocenters. The molecule has 0 spiro atoms. The minimum Gasteiger partial charge on any atom is -0.307 e. The lowest BCUT2D eigenvalue weighted by Crippen LogP contribution is -2.38. The van der Waals surface area contributed by atoms with Crippen LogP contribution in [0.4, 0.5) is 0 Å². The lowest BCUT2D eigenvalue weighted by molar-refractivity contribution is 0.332. The van der Waals surface area contributed by atoms with Crippen LogP contribution < -0.4 is 5.32 Å². The lowest BCUT2D eigenvalue weighted by Gasteiger charge is -2.32. The monoisotopic (exact) mass is 269 g/mol. The fourth-order valence-electron chi connectivity index (χ4n) is 2.55. The van der Waals surface area contributed by atoms with Crippen LogP contribution in [0.5, 0.6) is 0 Å². The molecule has 17 heavy (non-hydrogen) atoms. The molecule has 0 bridgehead atoms. The van der Waals surface area contributed by atoms with Gasteiger partial charge in [0.05, 0.1) is 4.21 Å². The van der Waals surface area contributed by atoms with E-state index in [1.165, 1.54) is 22.6 Å². The first-order chi connectivity index (χ1) is 8.11. The topological polar surface area (TPSA) is 12.0 Å². The van der Waals surface area contributed by atoms with Crippen molar-refractivity contribution in [1.29, 1.82) is 0 Å². The van der Waals surface area contributed by atoms with E-state index in [2.05, 4.69) is 44.5 Å². The molecular formula is C14H23NS2. The summed E-state index contributed by atoms with van der Waals surface area (Å²) in [4.78, 5) is 0. The first-order valence-electron chi connectivity index (χ1n) is 6.61. The van der Waals surface area contributed by atoms with Gasteiger partial charge in [-0.3, -0.25) is 0 Å². The van der Waals surface area contributed by atoms with Gasteiger partial charge in [0.25, 0.3) is 0 Å². The molecular weight excluding hydrogens is 246 g/mol. The van der Waals surface area contributed by atoms with E-state index in [0.717, 1.165) is 5.25 Å². The minimum absolute atomic E-state index is 0.569. The molecule has 0 aliphatic carbocycles. The summed E-state index contributed by atoms with van der Waals surface area (Å²) in [6, 6.07) is 3.52. The quantitative estimate of drug-likeness (QED) is 0.850. The maximum Gasteiger partial charge on any atom is 0.0649 e. The summed E-state index contributed by atoms with van der Waals surface area (Å²) in [7, 11) is 0. The van der Waals surface area contributed by atoms with Gasteiger partial charge in [0, 0.05) is 17.3 Å². The van der Waals surface area contributed by atoms with Gasteiger partial charge in [0.1, 0.15) is 0 Å². The van der Waals surface area contributed by atoms with E-state index in [9.17, 15) is 0 Å². The van der Waals surface area contributed by atoms with E-state index in [1.807, 2.05) is 23.1 Å². The first-order valence-corrected chi connectivity index (χ1v) is 8.37. The summed E-state index contributed by atoms with van der Waals surface area (Å²) in [5.74, 6) is 0.715. The van der Waals surface area contributed by atoms with Gasteiger partial charge >= 0.3 is 0 Å². The van der Waals surface area contributed by atoms with Crippen LogP contribution in [0.25, 0.3) is 0 Å². The Hall–Kier alpha value is 0.0100. The predicted molar refractivity (Wildman–Crippen MR) is 79.0 cm³/mol. The molecule has 2 heterocycles. The number of hydrogen-bond donors (Lipinski definition) is 1. The van der Waals surface area contributed by atoms with Crippen LogP contribution in [-0.4, -0.2) is 11.3 Å². The highest BCUT2D eigenvalue weighted by Gasteiger charge is 2.28. The average Bonchev–Trinajstić information content (AvgIpc) is 2.72. The van der Waals surface area contributed by atoms with E-state index in [4.69, 9.17) is 0 Å². The second-order valence-electron chi connectivity index (χ2n) is 5.31. The number of nitrogens with one attached hydrogen (secondary N) is 1. The lowest BCUT2D eigenvalue weighted by atomic mass is 9.97. The molecule has 0 amide bonds. The maximum absolute atomic E-state index is 3.87. The van der Waals surface area contributed by atoms with Crippen LogP contribution in [0.1, 0.15) is 52.1 Å². The van der Waals surface area contributed by atoms with Crippen molar-refractivity contribution >= 4 is 23.1 Å². The Morgan fingerprint density at radius 1 is 1.47 bits per heavy atom. The van der Waals surface area contributed by atoms with Gasteiger partial charge < -0.3 is 5.32 Å². The van der Waals surface area contributed by atoms with Crippen molar-refractivity contribution in [3.05, 3.63) is 17.0 Å². The molecule has 0 saturated heterocycles. The van der Waals surface area contributed by atoms with Crippen molar-refractivity contribution < 1.29 is 0 Å². The van der Waals surface area contributed by atoms with Crippen LogP contribution in [-0.2, 0) is 0 Å². The van der Waals surface area contributed by atoms with E-state index in [1.54, 1.807) is 0 Å². The standard InChI is InChI=1S/C14H23NS2/c1-5-12(9(2)3)15-13-8-10(4)17-14-11(13)6-7-16-14/h6-7,9-10,12-13,15H,5,8H2,1-4H3/t10-,12?,13?/m0/s1. The Morgan fingerprint density at radius 2 is 2.24 bits per heavy atom. The molecule has 1 N–H and O–H groups in total. The fourth-order valence-corrected chi connectivity index (χ4v) is 5.11. The maximum atomic E-state index is 3.87. The highest BCUT2D eigenvalue weighted by molar-refractivity contribution is 8.01. The molecule has 0 radical (unpaired) electrons. The largest absolute Gasteiger partial charge is 0.307 e. The van der Waals surface area contributed by atoms with Crippen LogP contribution in [0, 0.1) is 5.92 Å². The van der Waals surface area contributed by atoms with Gasteiger partial charge in [-0.15, -0.1) is 23.1 Å². The molecule has 96 valence electrons. The fraction of sp³-hybridized carbons (Fsp3) is 0.714. The highest BCUT2D eigenvalue weighted by Crippen LogP contribution is 2.44. The molecule has 1 nitrogen and oxygen atoms in total. The second-order valence-corrected chi connectivity index (χ2v) is 7.93. The summed E-state index contributed by atoms with van der Waals surface area (Å²) in [6.45, 7) is 9.26. The molecule has 0 fully saturated rings. The number of rotatable bonds is 4. The van der Waals surface area contributed by atoms with Crippen molar-refractivity contribution in [3.63, 3.8) is 0 Å². The summed E-state index contributed by atoms with van der Waals surface area (Å²) in [5.41, 5.74) is 1.54. The number of fused-ring (bicyclic) bond motifs is 1. The number of thioether (sulfide) groups is 1. The summed E-state index contributed by atoms with van der Waals surface area (Å²) >= 11 is 3.94. The summed E-state index contributed by atoms with van der Waals surface area (Å²) in [5, 5.41) is 6.85. The Labute approximate surface area is 113 Å². The molecule has 3 atom stereocenters. The van der Waals surface area contributed by atoms with Crippen molar-refractivity contribution in [2.75, 3.05) is 0 Å². The number of hydrogen-bond acceptors (Lipinski definition) is 3. The van der Waals surface area contributed by atoms with Crippen molar-refractivity contribution in [3.8, 4) is 0 Å². The molecule has 3 heteroatoms. The van der Waals surface area contributed by atoms with Crippen LogP contribution in [0.3, 0.4) is 0 Å². The van der Waals surface area contributed by atoms with Crippen molar-refractivity contribution in [1.82, 2.24) is 5.32 Å². The van der Waals surface area contributed by atoms with Crippen molar-refractivity contribution in [2.45, 2.75) is 62.1 Å². The third kappa shape index (κ3) is 3.07. The molecule has 0 aromatic carbocycles. The summed E-state index contributed by atoms with van der Waals surface area (Å²) in [6.07, 6.45) is 2.48. The normalized spacial score (nSPS) is 25.9. The van der Waals surface area contributed by atoms with Crippen LogP contribution in [0.15, 0.2) is 15.7 Å². The Morgan fingerprint density at radius 3 is 2.88 bits per heavy atom. The molecule has 2 rings (SSSR count). The third-order valence-corrected chi connectivity index (χ3v) is 5.91. The zero-order valence-corrected chi connectivity index (χ0v) is 12.8. The molecule has 1 aliphatic rings. The number of thiophene rings is 1. The van der Waals surface area contributed by atoms with Gasteiger partial charge in [-0.1, -0.05) is 27.7 Å². The zero-order chi connectivity index (χ0) is 12.4. The van der Waals surface area contributed by atoms with Gasteiger partial charge in [0.15, 0.2) is 0 Å². The van der Waals surface area contributed by atoms with E-state index >= 15 is 0 Å². The van der Waals surface area contributed by atoms with Gasteiger partial charge in [0.2, 0.25) is 0 Å². The van der Waals surface area contributed by atoms with Crippen LogP contribution in [0.2, 0.25) is 0 Å². The minimum atomic E-state index is 0.569. The van der Waals surface area contributed by atoms with E-state index in [0.29, 0.717) is 18.0 Å². The van der Waals surface area contributed by atoms with Gasteiger partial charge in [-0.05, 0) is 35.8 Å². The Bertz CT molecular complexity index is 359. The smallest absolute Gasteiger partial charge is 0.0649 e. The van der Waals surface area contributed by atoms with Crippen LogP contribution >= 0.6 is 23.1 Å². The molecule has 1 aliphatic heterocycles. The first kappa shape index (κ1) is 13.4. The van der Waals surface area contributed by atoms with Crippen molar-refractivity contribution in [2.24, 2.45) is 5.92 Å². The predicted octanol–water partition coefficient (Wildman–Crippen LogP) is 4.70. The SMILES string of the molecule is CCC(NC1C[C@H](C)Sc2sccc21)C(C)C. The third-order valence-electron chi connectivity index (χ3n) is 3.57. The summed E-state index contributed by atoms with van der Waals surface area (Å²) < 4.78 is 1.53. The zero-order valence-electron chi connectivity index (χ0n) is 11.2. The molecule has 0 saturated carbocycles. The second kappa shape index (κ2) is 5.77. The average molecular weight is 269 g/mol. The Balaban J connectivity index is 2.12.